The van der Waals surface area contributed by atoms with Crippen molar-refractivity contribution in [3.63, 3.8) is 0 Å². The van der Waals surface area contributed by atoms with Crippen LogP contribution in [0.2, 0.25) is 0 Å². The van der Waals surface area contributed by atoms with Crippen molar-refractivity contribution in [2.45, 2.75) is 19.2 Å². The Hall–Kier alpha value is -1.20. The van der Waals surface area contributed by atoms with Crippen molar-refractivity contribution in [1.29, 1.82) is 0 Å². The molecule has 0 radical (unpaired) electrons. The van der Waals surface area contributed by atoms with E-state index in [0.29, 0.717) is 0 Å². The summed E-state index contributed by atoms with van der Waals surface area (Å²) in [6.45, 7) is 1.55. The lowest BCUT2D eigenvalue weighted by atomic mass is 10.0. The lowest BCUT2D eigenvalue weighted by Crippen LogP contribution is -2.18. The number of likely N-dealkylation sites (N-methyl/N-ethyl adjacent to an activating group) is 1. The molecule has 0 fully saturated rings. The Labute approximate surface area is 99.4 Å². The van der Waals surface area contributed by atoms with E-state index >= 15 is 0 Å². The molecule has 2 atom stereocenters. The fraction of sp³-hybridized carbons (Fsp3) is 0.500. The molecule has 0 saturated carbocycles. The van der Waals surface area contributed by atoms with Gasteiger partial charge in [0.2, 0.25) is 0 Å². The van der Waals surface area contributed by atoms with Crippen molar-refractivity contribution in [2.75, 3.05) is 20.7 Å². The molecule has 0 saturated heterocycles. The number of hydrogen-bond donors (Lipinski definition) is 2. The average molecular weight is 245 g/mol. The minimum Gasteiger partial charge on any atom is -0.493 e. The van der Waals surface area contributed by atoms with E-state index in [0.717, 1.165) is 6.07 Å². The Morgan fingerprint density at radius 1 is 1.47 bits per heavy atom. The number of aliphatic hydroxyl groups is 1. The molecule has 1 rings (SSSR count). The molecule has 17 heavy (non-hydrogen) atoms. The first kappa shape index (κ1) is 13.9. The van der Waals surface area contributed by atoms with Gasteiger partial charge in [0.1, 0.15) is 6.17 Å². The normalized spacial score (nSPS) is 14.5. The van der Waals surface area contributed by atoms with Crippen molar-refractivity contribution >= 4 is 0 Å². The third kappa shape index (κ3) is 3.14. The summed E-state index contributed by atoms with van der Waals surface area (Å²) in [7, 11) is 2.97. The van der Waals surface area contributed by atoms with Crippen LogP contribution in [0.25, 0.3) is 0 Å². The van der Waals surface area contributed by atoms with Gasteiger partial charge in [-0.05, 0) is 31.7 Å². The molecular weight excluding hydrogens is 228 g/mol. The maximum atomic E-state index is 13.6. The quantitative estimate of drug-likeness (QED) is 0.835. The van der Waals surface area contributed by atoms with Crippen molar-refractivity contribution in [2.24, 2.45) is 0 Å². The predicted molar refractivity (Wildman–Crippen MR) is 61.4 cm³/mol. The Kier molecular flexibility index (Phi) is 4.84. The molecule has 0 amide bonds. The zero-order valence-electron chi connectivity index (χ0n) is 10.1. The minimum absolute atomic E-state index is 0.0443. The fourth-order valence-corrected chi connectivity index (χ4v) is 1.63. The van der Waals surface area contributed by atoms with Gasteiger partial charge in [0.05, 0.1) is 13.2 Å². The van der Waals surface area contributed by atoms with Gasteiger partial charge in [-0.1, -0.05) is 0 Å². The lowest BCUT2D eigenvalue weighted by molar-refractivity contribution is 0.172. The minimum atomic E-state index is -1.30. The number of alkyl halides is 1. The lowest BCUT2D eigenvalue weighted by Gasteiger charge is -2.17. The summed E-state index contributed by atoms with van der Waals surface area (Å²) >= 11 is 0. The summed E-state index contributed by atoms with van der Waals surface area (Å²) in [5.41, 5.74) is 0.440. The highest BCUT2D eigenvalue weighted by Crippen LogP contribution is 2.32. The number of aliphatic hydroxyl groups excluding tert-OH is 1. The third-order valence-corrected chi connectivity index (χ3v) is 2.51. The van der Waals surface area contributed by atoms with Crippen LogP contribution in [0.1, 0.15) is 30.3 Å². The molecule has 3 nitrogen and oxygen atoms in total. The second-order valence-electron chi connectivity index (χ2n) is 3.81. The summed E-state index contributed by atoms with van der Waals surface area (Å²) in [6.07, 6.45) is -2.24. The van der Waals surface area contributed by atoms with Gasteiger partial charge in [-0.3, -0.25) is 0 Å². The number of nitrogens with one attached hydrogen (secondary N) is 1. The van der Waals surface area contributed by atoms with Crippen molar-refractivity contribution in [3.05, 3.63) is 29.1 Å². The van der Waals surface area contributed by atoms with Crippen molar-refractivity contribution in [3.8, 4) is 5.75 Å². The van der Waals surface area contributed by atoms with Gasteiger partial charge in [0.25, 0.3) is 0 Å². The molecule has 2 unspecified atom stereocenters. The molecule has 1 aromatic rings. The second kappa shape index (κ2) is 5.93. The summed E-state index contributed by atoms with van der Waals surface area (Å²) in [5, 5.41) is 12.6. The molecular formula is C12H17F2NO2. The standard InChI is InChI=1S/C12H17F2NO2/c1-7(13)8-4-9(11(16)6-15-2)12(17-3)10(14)5-8/h4-5,7,11,15-16H,6H2,1-3H3. The van der Waals surface area contributed by atoms with E-state index in [1.807, 2.05) is 0 Å². The monoisotopic (exact) mass is 245 g/mol. The highest BCUT2D eigenvalue weighted by molar-refractivity contribution is 5.41. The van der Waals surface area contributed by atoms with Crippen LogP contribution in [0.3, 0.4) is 0 Å². The average Bonchev–Trinajstić information content (AvgIpc) is 2.28. The first-order valence-corrected chi connectivity index (χ1v) is 5.35. The maximum absolute atomic E-state index is 13.6. The van der Waals surface area contributed by atoms with Gasteiger partial charge in [0, 0.05) is 12.1 Å². The fourth-order valence-electron chi connectivity index (χ4n) is 1.63. The number of benzene rings is 1. The van der Waals surface area contributed by atoms with Crippen molar-refractivity contribution in [1.82, 2.24) is 5.32 Å². The van der Waals surface area contributed by atoms with E-state index in [1.165, 1.54) is 20.1 Å². The molecule has 0 aliphatic heterocycles. The molecule has 0 spiro atoms. The highest BCUT2D eigenvalue weighted by atomic mass is 19.1. The Morgan fingerprint density at radius 2 is 2.12 bits per heavy atom. The Morgan fingerprint density at radius 3 is 2.59 bits per heavy atom. The van der Waals surface area contributed by atoms with Gasteiger partial charge >= 0.3 is 0 Å². The largest absolute Gasteiger partial charge is 0.493 e. The van der Waals surface area contributed by atoms with E-state index in [9.17, 15) is 13.9 Å². The summed E-state index contributed by atoms with van der Waals surface area (Å²) in [4.78, 5) is 0. The number of methoxy groups -OCH3 is 1. The van der Waals surface area contributed by atoms with Crippen LogP contribution in [-0.4, -0.2) is 25.8 Å². The topological polar surface area (TPSA) is 41.5 Å². The number of rotatable bonds is 5. The molecule has 0 aliphatic rings. The van der Waals surface area contributed by atoms with E-state index < -0.39 is 18.1 Å². The summed E-state index contributed by atoms with van der Waals surface area (Å²) < 4.78 is 31.7. The molecule has 2 N–H and O–H groups in total. The molecule has 0 heterocycles. The van der Waals surface area contributed by atoms with Gasteiger partial charge in [-0.2, -0.15) is 0 Å². The van der Waals surface area contributed by atoms with E-state index in [4.69, 9.17) is 4.74 Å². The van der Waals surface area contributed by atoms with Gasteiger partial charge in [0.15, 0.2) is 11.6 Å². The van der Waals surface area contributed by atoms with Crippen LogP contribution in [0.5, 0.6) is 5.75 Å². The SMILES string of the molecule is CNCC(O)c1cc(C(C)F)cc(F)c1OC. The van der Waals surface area contributed by atoms with E-state index in [1.54, 1.807) is 7.05 Å². The molecule has 0 bridgehead atoms. The first-order valence-electron chi connectivity index (χ1n) is 5.35. The van der Waals surface area contributed by atoms with Crippen molar-refractivity contribution < 1.29 is 18.6 Å². The maximum Gasteiger partial charge on any atom is 0.165 e. The van der Waals surface area contributed by atoms with Gasteiger partial charge in [-0.15, -0.1) is 0 Å². The molecule has 5 heteroatoms. The number of ether oxygens (including phenoxy) is 1. The first-order chi connectivity index (χ1) is 8.01. The Bertz CT molecular complexity index is 383. The smallest absolute Gasteiger partial charge is 0.165 e. The second-order valence-corrected chi connectivity index (χ2v) is 3.81. The molecule has 96 valence electrons. The summed E-state index contributed by atoms with van der Waals surface area (Å²) in [5.74, 6) is -0.711. The zero-order valence-corrected chi connectivity index (χ0v) is 10.1. The zero-order chi connectivity index (χ0) is 13.0. The number of hydrogen-bond acceptors (Lipinski definition) is 3. The number of halogens is 2. The highest BCUT2D eigenvalue weighted by Gasteiger charge is 2.19. The van der Waals surface area contributed by atoms with Crippen LogP contribution in [0, 0.1) is 5.82 Å². The van der Waals surface area contributed by atoms with E-state index in [2.05, 4.69) is 5.32 Å². The van der Waals surface area contributed by atoms with Crippen LogP contribution in [0.15, 0.2) is 12.1 Å². The predicted octanol–water partition coefficient (Wildman–Crippen LogP) is 2.12. The van der Waals surface area contributed by atoms with Crippen LogP contribution >= 0.6 is 0 Å². The third-order valence-electron chi connectivity index (χ3n) is 2.51. The van der Waals surface area contributed by atoms with Gasteiger partial charge in [-0.25, -0.2) is 8.78 Å². The summed E-state index contributed by atoms with van der Waals surface area (Å²) in [6, 6.07) is 2.51. The van der Waals surface area contributed by atoms with Crippen LogP contribution < -0.4 is 10.1 Å². The molecule has 0 aromatic heterocycles. The van der Waals surface area contributed by atoms with Crippen LogP contribution in [-0.2, 0) is 0 Å². The van der Waals surface area contributed by atoms with E-state index in [-0.39, 0.29) is 23.4 Å². The van der Waals surface area contributed by atoms with Gasteiger partial charge < -0.3 is 15.2 Å². The Balaban J connectivity index is 3.23. The van der Waals surface area contributed by atoms with Crippen LogP contribution in [0.4, 0.5) is 8.78 Å². The molecule has 0 aliphatic carbocycles. The molecule has 1 aromatic carbocycles.